The molecular weight excluding hydrogens is 466 g/mol. The highest BCUT2D eigenvalue weighted by Gasteiger charge is 2.37. The number of fused-ring (bicyclic) bond motifs is 1. The van der Waals surface area contributed by atoms with Gasteiger partial charge in [-0.2, -0.15) is 26.3 Å². The number of ketones is 2. The summed E-state index contributed by atoms with van der Waals surface area (Å²) in [6, 6.07) is 12.5. The van der Waals surface area contributed by atoms with Crippen LogP contribution in [0.5, 0.6) is 11.5 Å². The number of carbonyl (C=O) groups is 2. The molecule has 4 nitrogen and oxygen atoms in total. The highest BCUT2D eigenvalue weighted by atomic mass is 19.4. The van der Waals surface area contributed by atoms with Gasteiger partial charge in [-0.05, 0) is 48.5 Å². The Morgan fingerprint density at radius 1 is 0.500 bits per heavy atom. The lowest BCUT2D eigenvalue weighted by molar-refractivity contribution is -0.138. The summed E-state index contributed by atoms with van der Waals surface area (Å²) in [7, 11) is 0. The average Bonchev–Trinajstić information content (AvgIpc) is 2.79. The number of hydrogen-bond acceptors (Lipinski definition) is 4. The summed E-state index contributed by atoms with van der Waals surface area (Å²) in [6.45, 7) is 0. The summed E-state index contributed by atoms with van der Waals surface area (Å²) in [4.78, 5) is 26.1. The molecule has 0 N–H and O–H groups in total. The first-order valence-electron chi connectivity index (χ1n) is 9.58. The topological polar surface area (TPSA) is 52.6 Å². The zero-order valence-electron chi connectivity index (χ0n) is 16.8. The number of Topliss-reactive ketones (excluding diaryl/α,β-unsaturated/α-hetero) is 2. The average molecular weight is 478 g/mol. The smallest absolute Gasteiger partial charge is 0.416 e. The molecule has 10 heteroatoms. The molecule has 0 amide bonds. The van der Waals surface area contributed by atoms with Gasteiger partial charge in [-0.15, -0.1) is 0 Å². The van der Waals surface area contributed by atoms with Crippen LogP contribution in [-0.4, -0.2) is 11.6 Å². The molecule has 0 saturated heterocycles. The lowest BCUT2D eigenvalue weighted by atomic mass is 9.92. The summed E-state index contributed by atoms with van der Waals surface area (Å²) >= 11 is 0. The van der Waals surface area contributed by atoms with Crippen LogP contribution in [0, 0.1) is 0 Å². The van der Waals surface area contributed by atoms with Crippen LogP contribution in [0.2, 0.25) is 0 Å². The van der Waals surface area contributed by atoms with E-state index in [1.165, 1.54) is 24.3 Å². The van der Waals surface area contributed by atoms with Crippen molar-refractivity contribution in [1.82, 2.24) is 0 Å². The van der Waals surface area contributed by atoms with Crippen LogP contribution >= 0.6 is 0 Å². The number of allylic oxidation sites excluding steroid dienone is 2. The van der Waals surface area contributed by atoms with Gasteiger partial charge < -0.3 is 9.47 Å². The highest BCUT2D eigenvalue weighted by molar-refractivity contribution is 6.25. The lowest BCUT2D eigenvalue weighted by Crippen LogP contribution is -2.27. The first kappa shape index (κ1) is 23.1. The molecule has 3 aromatic rings. The fraction of sp³-hybridized carbons (Fsp3) is 0.0833. The maximum Gasteiger partial charge on any atom is 0.416 e. The molecule has 0 radical (unpaired) electrons. The van der Waals surface area contributed by atoms with Crippen molar-refractivity contribution in [2.24, 2.45) is 0 Å². The Kier molecular flexibility index (Phi) is 5.68. The van der Waals surface area contributed by atoms with Crippen LogP contribution in [0.25, 0.3) is 0 Å². The zero-order chi connectivity index (χ0) is 24.7. The van der Waals surface area contributed by atoms with Crippen LogP contribution in [0.15, 0.2) is 84.3 Å². The number of benzene rings is 3. The molecule has 0 aromatic heterocycles. The Morgan fingerprint density at radius 3 is 1.12 bits per heavy atom. The normalized spacial score (nSPS) is 14.2. The summed E-state index contributed by atoms with van der Waals surface area (Å²) < 4.78 is 87.9. The molecular formula is C24H12F6O4. The third-order valence-electron chi connectivity index (χ3n) is 4.84. The number of halogens is 6. The minimum atomic E-state index is -4.59. The lowest BCUT2D eigenvalue weighted by Gasteiger charge is -2.21. The Bertz CT molecular complexity index is 1190. The van der Waals surface area contributed by atoms with E-state index in [0.717, 1.165) is 48.5 Å². The predicted octanol–water partition coefficient (Wildman–Crippen LogP) is 6.47. The fourth-order valence-electron chi connectivity index (χ4n) is 3.17. The summed E-state index contributed by atoms with van der Waals surface area (Å²) in [5.41, 5.74) is -1.94. The molecule has 0 saturated carbocycles. The Balaban J connectivity index is 1.74. The summed E-state index contributed by atoms with van der Waals surface area (Å²) in [5.74, 6) is -3.14. The van der Waals surface area contributed by atoms with Crippen LogP contribution in [0.3, 0.4) is 0 Å². The second-order valence-corrected chi connectivity index (χ2v) is 7.11. The van der Waals surface area contributed by atoms with Crippen LogP contribution in [0.4, 0.5) is 26.3 Å². The maximum absolute atomic E-state index is 13.0. The largest absolute Gasteiger partial charge is 0.449 e. The zero-order valence-corrected chi connectivity index (χ0v) is 16.8. The van der Waals surface area contributed by atoms with Crippen molar-refractivity contribution in [3.05, 3.63) is 107 Å². The van der Waals surface area contributed by atoms with Gasteiger partial charge in [0.25, 0.3) is 0 Å². The monoisotopic (exact) mass is 478 g/mol. The van der Waals surface area contributed by atoms with Crippen molar-refractivity contribution in [2.75, 3.05) is 0 Å². The Labute approximate surface area is 188 Å². The first-order valence-corrected chi connectivity index (χ1v) is 9.58. The van der Waals surface area contributed by atoms with Gasteiger partial charge >= 0.3 is 12.4 Å². The number of rotatable bonds is 4. The fourth-order valence-corrected chi connectivity index (χ4v) is 3.17. The van der Waals surface area contributed by atoms with Gasteiger partial charge in [0.1, 0.15) is 11.5 Å². The van der Waals surface area contributed by atoms with Crippen LogP contribution in [0.1, 0.15) is 31.8 Å². The third kappa shape index (κ3) is 4.52. The minimum absolute atomic E-state index is 0.0193. The van der Waals surface area contributed by atoms with E-state index in [0.29, 0.717) is 0 Å². The predicted molar refractivity (Wildman–Crippen MR) is 106 cm³/mol. The Hall–Kier alpha value is -4.08. The second kappa shape index (κ2) is 8.36. The van der Waals surface area contributed by atoms with Gasteiger partial charge in [-0.3, -0.25) is 9.59 Å². The van der Waals surface area contributed by atoms with E-state index in [1.54, 1.807) is 0 Å². The molecule has 0 fully saturated rings. The molecule has 0 spiro atoms. The summed E-state index contributed by atoms with van der Waals surface area (Å²) in [5, 5.41) is 0. The molecule has 0 heterocycles. The van der Waals surface area contributed by atoms with E-state index >= 15 is 0 Å². The van der Waals surface area contributed by atoms with Crippen molar-refractivity contribution < 1.29 is 45.4 Å². The minimum Gasteiger partial charge on any atom is -0.449 e. The van der Waals surface area contributed by atoms with Gasteiger partial charge in [-0.25, -0.2) is 0 Å². The van der Waals surface area contributed by atoms with Gasteiger partial charge in [-0.1, -0.05) is 24.3 Å². The molecule has 0 aliphatic heterocycles. The molecule has 1 aliphatic rings. The highest BCUT2D eigenvalue weighted by Crippen LogP contribution is 2.34. The summed E-state index contributed by atoms with van der Waals surface area (Å²) in [6.07, 6.45) is -9.19. The quantitative estimate of drug-likeness (QED) is 0.403. The van der Waals surface area contributed by atoms with E-state index in [9.17, 15) is 35.9 Å². The number of alkyl halides is 6. The molecule has 0 bridgehead atoms. The Morgan fingerprint density at radius 2 is 0.824 bits per heavy atom. The van der Waals surface area contributed by atoms with Crippen molar-refractivity contribution in [2.45, 2.75) is 12.4 Å². The molecule has 4 rings (SSSR count). The van der Waals surface area contributed by atoms with E-state index in [2.05, 4.69) is 0 Å². The van der Waals surface area contributed by atoms with Gasteiger partial charge in [0.15, 0.2) is 0 Å². The van der Waals surface area contributed by atoms with Gasteiger partial charge in [0.2, 0.25) is 23.1 Å². The van der Waals surface area contributed by atoms with Gasteiger partial charge in [0.05, 0.1) is 11.1 Å². The molecule has 174 valence electrons. The number of carbonyl (C=O) groups excluding carboxylic acids is 2. The first-order chi connectivity index (χ1) is 15.9. The molecule has 1 aliphatic carbocycles. The van der Waals surface area contributed by atoms with Crippen molar-refractivity contribution >= 4 is 11.6 Å². The van der Waals surface area contributed by atoms with E-state index < -0.39 is 46.6 Å². The molecule has 0 unspecified atom stereocenters. The number of ether oxygens (including phenoxy) is 2. The number of hydrogen-bond donors (Lipinski definition) is 0. The van der Waals surface area contributed by atoms with Crippen molar-refractivity contribution in [1.29, 1.82) is 0 Å². The van der Waals surface area contributed by atoms with Crippen molar-refractivity contribution in [3.63, 3.8) is 0 Å². The van der Waals surface area contributed by atoms with Gasteiger partial charge in [0, 0.05) is 11.1 Å². The molecule has 0 atom stereocenters. The van der Waals surface area contributed by atoms with E-state index in [1.807, 2.05) is 0 Å². The molecule has 3 aromatic carbocycles. The van der Waals surface area contributed by atoms with Crippen LogP contribution in [-0.2, 0) is 12.4 Å². The van der Waals surface area contributed by atoms with Crippen molar-refractivity contribution in [3.8, 4) is 11.5 Å². The van der Waals surface area contributed by atoms with E-state index in [4.69, 9.17) is 9.47 Å². The third-order valence-corrected chi connectivity index (χ3v) is 4.84. The maximum atomic E-state index is 13.0. The van der Waals surface area contributed by atoms with Crippen LogP contribution < -0.4 is 9.47 Å². The second-order valence-electron chi connectivity index (χ2n) is 7.11. The van der Waals surface area contributed by atoms with E-state index in [-0.39, 0.29) is 22.6 Å². The SMILES string of the molecule is O=C1C(Oc2ccc(C(F)(F)F)cc2)=C(Oc2ccc(C(F)(F)F)cc2)C(=O)c2ccccc21. The standard InChI is InChI=1S/C24H12F6O4/c25-23(26,27)13-5-9-15(10-6-13)33-21-19(31)17-3-1-2-4-18(17)20(32)22(21)34-16-11-7-14(8-12-16)24(28,29)30/h1-12H. The molecule has 34 heavy (non-hydrogen) atoms.